The van der Waals surface area contributed by atoms with E-state index in [0.717, 1.165) is 44.8 Å². The fourth-order valence-electron chi connectivity index (χ4n) is 2.96. The highest BCUT2D eigenvalue weighted by atomic mass is 16.3. The van der Waals surface area contributed by atoms with Gasteiger partial charge in [0.2, 0.25) is 0 Å². The number of nitrogens with one attached hydrogen (secondary N) is 1. The maximum Gasteiger partial charge on any atom is 0.120 e. The standard InChI is InChI=1S/C17H29N3O/c1-14(2)16(20-10-8-19(3)9-11-20)13-18-12-15-6-4-5-7-17(15)21/h4-7,14,16,18,21H,8-13H2,1-3H3. The zero-order chi connectivity index (χ0) is 15.2. The maximum atomic E-state index is 9.81. The van der Waals surface area contributed by atoms with Crippen molar-refractivity contribution in [3.05, 3.63) is 29.8 Å². The van der Waals surface area contributed by atoms with Crippen LogP contribution in [-0.2, 0) is 6.54 Å². The number of likely N-dealkylation sites (N-methyl/N-ethyl adjacent to an activating group) is 1. The number of rotatable bonds is 6. The van der Waals surface area contributed by atoms with Crippen molar-refractivity contribution in [2.75, 3.05) is 39.8 Å². The molecule has 1 fully saturated rings. The van der Waals surface area contributed by atoms with Gasteiger partial charge in [0, 0.05) is 50.9 Å². The number of para-hydroxylation sites is 1. The highest BCUT2D eigenvalue weighted by molar-refractivity contribution is 5.31. The molecule has 1 aromatic rings. The van der Waals surface area contributed by atoms with Crippen molar-refractivity contribution in [2.24, 2.45) is 5.92 Å². The van der Waals surface area contributed by atoms with E-state index in [-0.39, 0.29) is 0 Å². The minimum atomic E-state index is 0.380. The highest BCUT2D eigenvalue weighted by Gasteiger charge is 2.24. The van der Waals surface area contributed by atoms with Crippen molar-refractivity contribution in [2.45, 2.75) is 26.4 Å². The van der Waals surface area contributed by atoms with Crippen LogP contribution in [0, 0.1) is 5.92 Å². The molecule has 1 unspecified atom stereocenters. The summed E-state index contributed by atoms with van der Waals surface area (Å²) in [5.41, 5.74) is 0.971. The third-order valence-corrected chi connectivity index (χ3v) is 4.44. The molecule has 0 bridgehead atoms. The minimum Gasteiger partial charge on any atom is -0.508 e. The lowest BCUT2D eigenvalue weighted by Crippen LogP contribution is -2.53. The molecule has 4 heteroatoms. The van der Waals surface area contributed by atoms with Gasteiger partial charge in [-0.3, -0.25) is 4.90 Å². The van der Waals surface area contributed by atoms with Gasteiger partial charge in [-0.25, -0.2) is 0 Å². The molecule has 1 aliphatic heterocycles. The van der Waals surface area contributed by atoms with E-state index in [1.165, 1.54) is 0 Å². The molecule has 0 amide bonds. The van der Waals surface area contributed by atoms with E-state index in [1.807, 2.05) is 18.2 Å². The Kier molecular flexibility index (Phi) is 6.03. The van der Waals surface area contributed by atoms with E-state index in [0.29, 0.717) is 17.7 Å². The van der Waals surface area contributed by atoms with Crippen LogP contribution in [0.3, 0.4) is 0 Å². The van der Waals surface area contributed by atoms with Crippen molar-refractivity contribution in [3.8, 4) is 5.75 Å². The van der Waals surface area contributed by atoms with Crippen LogP contribution in [0.2, 0.25) is 0 Å². The van der Waals surface area contributed by atoms with Crippen LogP contribution in [0.4, 0.5) is 0 Å². The largest absolute Gasteiger partial charge is 0.508 e. The molecule has 21 heavy (non-hydrogen) atoms. The highest BCUT2D eigenvalue weighted by Crippen LogP contribution is 2.16. The molecular formula is C17H29N3O. The van der Waals surface area contributed by atoms with Crippen molar-refractivity contribution in [3.63, 3.8) is 0 Å². The summed E-state index contributed by atoms with van der Waals surface area (Å²) in [5.74, 6) is 1.01. The first-order chi connectivity index (χ1) is 10.1. The molecule has 4 nitrogen and oxygen atoms in total. The molecule has 0 aromatic heterocycles. The van der Waals surface area contributed by atoms with Gasteiger partial charge in [0.05, 0.1) is 0 Å². The zero-order valence-electron chi connectivity index (χ0n) is 13.5. The number of phenolic OH excluding ortho intramolecular Hbond substituents is 1. The summed E-state index contributed by atoms with van der Waals surface area (Å²) in [7, 11) is 2.19. The Labute approximate surface area is 128 Å². The second kappa shape index (κ2) is 7.78. The molecule has 0 aliphatic carbocycles. The summed E-state index contributed by atoms with van der Waals surface area (Å²) in [5, 5.41) is 13.3. The molecule has 1 heterocycles. The number of aromatic hydroxyl groups is 1. The summed E-state index contributed by atoms with van der Waals surface area (Å²) >= 11 is 0. The Bertz CT molecular complexity index is 428. The van der Waals surface area contributed by atoms with Gasteiger partial charge >= 0.3 is 0 Å². The third kappa shape index (κ3) is 4.70. The minimum absolute atomic E-state index is 0.380. The summed E-state index contributed by atoms with van der Waals surface area (Å²) in [4.78, 5) is 4.99. The third-order valence-electron chi connectivity index (χ3n) is 4.44. The number of hydrogen-bond donors (Lipinski definition) is 2. The average Bonchev–Trinajstić information content (AvgIpc) is 2.46. The lowest BCUT2D eigenvalue weighted by Gasteiger charge is -2.40. The van der Waals surface area contributed by atoms with E-state index >= 15 is 0 Å². The second-order valence-corrected chi connectivity index (χ2v) is 6.41. The molecule has 0 radical (unpaired) electrons. The van der Waals surface area contributed by atoms with E-state index in [2.05, 4.69) is 36.0 Å². The SMILES string of the molecule is CC(C)C(CNCc1ccccc1O)N1CCN(C)CC1. The van der Waals surface area contributed by atoms with Crippen LogP contribution in [0.25, 0.3) is 0 Å². The van der Waals surface area contributed by atoms with Gasteiger partial charge in [0.25, 0.3) is 0 Å². The van der Waals surface area contributed by atoms with E-state index < -0.39 is 0 Å². The normalized spacial score (nSPS) is 19.0. The average molecular weight is 291 g/mol. The molecule has 0 saturated carbocycles. The first-order valence-corrected chi connectivity index (χ1v) is 7.98. The van der Waals surface area contributed by atoms with Crippen LogP contribution in [0.5, 0.6) is 5.75 Å². The Morgan fingerprint density at radius 1 is 1.14 bits per heavy atom. The van der Waals surface area contributed by atoms with Gasteiger partial charge in [0.15, 0.2) is 0 Å². The van der Waals surface area contributed by atoms with E-state index in [9.17, 15) is 5.11 Å². The molecular weight excluding hydrogens is 262 g/mol. The fourth-order valence-corrected chi connectivity index (χ4v) is 2.96. The maximum absolute atomic E-state index is 9.81. The van der Waals surface area contributed by atoms with Gasteiger partial charge in [-0.05, 0) is 19.0 Å². The number of phenols is 1. The number of benzene rings is 1. The van der Waals surface area contributed by atoms with Crippen LogP contribution in [0.15, 0.2) is 24.3 Å². The van der Waals surface area contributed by atoms with Gasteiger partial charge in [-0.15, -0.1) is 0 Å². The molecule has 1 saturated heterocycles. The monoisotopic (exact) mass is 291 g/mol. The number of hydrogen-bond acceptors (Lipinski definition) is 4. The molecule has 2 N–H and O–H groups in total. The smallest absolute Gasteiger partial charge is 0.120 e. The van der Waals surface area contributed by atoms with Crippen molar-refractivity contribution < 1.29 is 5.11 Å². The quantitative estimate of drug-likeness (QED) is 0.837. The molecule has 118 valence electrons. The summed E-state index contributed by atoms with van der Waals surface area (Å²) in [6.07, 6.45) is 0. The first kappa shape index (κ1) is 16.3. The predicted octanol–water partition coefficient (Wildman–Crippen LogP) is 1.75. The zero-order valence-corrected chi connectivity index (χ0v) is 13.5. The van der Waals surface area contributed by atoms with Crippen LogP contribution in [-0.4, -0.2) is 60.7 Å². The molecule has 0 spiro atoms. The molecule has 2 rings (SSSR count). The lowest BCUT2D eigenvalue weighted by atomic mass is 10.0. The lowest BCUT2D eigenvalue weighted by molar-refractivity contribution is 0.0875. The summed E-state index contributed by atoms with van der Waals surface area (Å²) in [6, 6.07) is 8.11. The van der Waals surface area contributed by atoms with E-state index in [1.54, 1.807) is 6.07 Å². The van der Waals surface area contributed by atoms with E-state index in [4.69, 9.17) is 0 Å². The Balaban J connectivity index is 1.84. The summed E-state index contributed by atoms with van der Waals surface area (Å²) in [6.45, 7) is 10.9. The van der Waals surface area contributed by atoms with Crippen molar-refractivity contribution in [1.29, 1.82) is 0 Å². The first-order valence-electron chi connectivity index (χ1n) is 7.98. The van der Waals surface area contributed by atoms with Crippen molar-refractivity contribution >= 4 is 0 Å². The van der Waals surface area contributed by atoms with Gasteiger partial charge in [-0.1, -0.05) is 32.0 Å². The Morgan fingerprint density at radius 3 is 2.43 bits per heavy atom. The van der Waals surface area contributed by atoms with Gasteiger partial charge in [-0.2, -0.15) is 0 Å². The Morgan fingerprint density at radius 2 is 1.81 bits per heavy atom. The van der Waals surface area contributed by atoms with Gasteiger partial charge < -0.3 is 15.3 Å². The molecule has 1 aliphatic rings. The second-order valence-electron chi connectivity index (χ2n) is 6.41. The van der Waals surface area contributed by atoms with Crippen LogP contribution in [0.1, 0.15) is 19.4 Å². The number of nitrogens with zero attached hydrogens (tertiary/aromatic N) is 2. The topological polar surface area (TPSA) is 38.7 Å². The Hall–Kier alpha value is -1.10. The predicted molar refractivity (Wildman–Crippen MR) is 87.5 cm³/mol. The van der Waals surface area contributed by atoms with Crippen LogP contribution < -0.4 is 5.32 Å². The fraction of sp³-hybridized carbons (Fsp3) is 0.647. The van der Waals surface area contributed by atoms with Gasteiger partial charge in [0.1, 0.15) is 5.75 Å². The molecule has 1 atom stereocenters. The van der Waals surface area contributed by atoms with Crippen LogP contribution >= 0.6 is 0 Å². The molecule has 1 aromatic carbocycles. The number of piperazine rings is 1. The van der Waals surface area contributed by atoms with Crippen molar-refractivity contribution in [1.82, 2.24) is 15.1 Å². The summed E-state index contributed by atoms with van der Waals surface area (Å²) < 4.78 is 0.